The van der Waals surface area contributed by atoms with Crippen LogP contribution in [0.1, 0.15) is 37.7 Å². The molecule has 3 aliphatic rings. The highest BCUT2D eigenvalue weighted by Crippen LogP contribution is 2.23. The highest BCUT2D eigenvalue weighted by atomic mass is 16.5. The maximum Gasteiger partial charge on any atom is 0.225 e. The van der Waals surface area contributed by atoms with Gasteiger partial charge in [-0.2, -0.15) is 0 Å². The number of nitrogens with zero attached hydrogens (tertiary/aromatic N) is 6. The lowest BCUT2D eigenvalue weighted by atomic mass is 9.94. The molecule has 3 fully saturated rings. The van der Waals surface area contributed by atoms with Crippen LogP contribution in [0, 0.1) is 5.92 Å². The lowest BCUT2D eigenvalue weighted by Crippen LogP contribution is -2.49. The van der Waals surface area contributed by atoms with Crippen molar-refractivity contribution in [3.8, 4) is 0 Å². The van der Waals surface area contributed by atoms with Crippen LogP contribution in [-0.2, 0) is 20.9 Å². The number of aromatic nitrogens is 2. The fourth-order valence-corrected chi connectivity index (χ4v) is 5.31. The lowest BCUT2D eigenvalue weighted by molar-refractivity contribution is -0.132. The molecule has 2 N–H and O–H groups in total. The summed E-state index contributed by atoms with van der Waals surface area (Å²) in [4.78, 5) is 41.4. The monoisotopic (exact) mass is 487 g/mol. The molecule has 0 aliphatic carbocycles. The van der Waals surface area contributed by atoms with Gasteiger partial charge in [-0.05, 0) is 51.9 Å². The van der Waals surface area contributed by atoms with Crippen LogP contribution in [-0.4, -0.2) is 115 Å². The molecule has 0 bridgehead atoms. The van der Waals surface area contributed by atoms with Gasteiger partial charge in [-0.3, -0.25) is 4.79 Å². The maximum absolute atomic E-state index is 12.6. The van der Waals surface area contributed by atoms with E-state index in [1.54, 1.807) is 12.4 Å². The standard InChI is InChI=1S/C25H41N7O3/c26-17-22-18-27-25(28-19-22)32-12-10-31(11-13-32)24(34)5-15-35-16-14-29-6-3-23(4-7-29)30-8-1-21(20-33)2-9-30/h18-21,23H,1-17,26H2. The second-order valence-corrected chi connectivity index (χ2v) is 9.91. The normalized spacial score (nSPS) is 21.4. The SMILES string of the molecule is NCc1cnc(N2CCN(C(=O)CCOCCN3CCC(N4CCC(C=O)CC4)CC3)CC2)nc1. The van der Waals surface area contributed by atoms with Crippen LogP contribution in [0.25, 0.3) is 0 Å². The number of amides is 1. The highest BCUT2D eigenvalue weighted by Gasteiger charge is 2.28. The first-order valence-electron chi connectivity index (χ1n) is 13.2. The predicted molar refractivity (Wildman–Crippen MR) is 134 cm³/mol. The largest absolute Gasteiger partial charge is 0.380 e. The Hall–Kier alpha value is -2.14. The Morgan fingerprint density at radius 1 is 0.971 bits per heavy atom. The summed E-state index contributed by atoms with van der Waals surface area (Å²) < 4.78 is 5.80. The quantitative estimate of drug-likeness (QED) is 0.370. The minimum Gasteiger partial charge on any atom is -0.380 e. The molecule has 1 aromatic heterocycles. The molecule has 10 nitrogen and oxygen atoms in total. The first kappa shape index (κ1) is 25.9. The minimum absolute atomic E-state index is 0.156. The molecule has 4 rings (SSSR count). The summed E-state index contributed by atoms with van der Waals surface area (Å²) in [7, 11) is 0. The fraction of sp³-hybridized carbons (Fsp3) is 0.760. The smallest absolute Gasteiger partial charge is 0.225 e. The van der Waals surface area contributed by atoms with Crippen LogP contribution in [0.3, 0.4) is 0 Å². The molecule has 0 aromatic carbocycles. The molecule has 0 radical (unpaired) electrons. The van der Waals surface area contributed by atoms with E-state index in [2.05, 4.69) is 24.7 Å². The van der Waals surface area contributed by atoms with Gasteiger partial charge in [0.1, 0.15) is 6.29 Å². The number of hydrogen-bond donors (Lipinski definition) is 1. The summed E-state index contributed by atoms with van der Waals surface area (Å²) in [5, 5.41) is 0. The summed E-state index contributed by atoms with van der Waals surface area (Å²) in [6.07, 6.45) is 9.51. The van der Waals surface area contributed by atoms with Gasteiger partial charge in [0.2, 0.25) is 11.9 Å². The van der Waals surface area contributed by atoms with E-state index in [4.69, 9.17) is 10.5 Å². The summed E-state index contributed by atoms with van der Waals surface area (Å²) in [5.74, 6) is 1.13. The van der Waals surface area contributed by atoms with E-state index < -0.39 is 0 Å². The molecule has 0 saturated carbocycles. The number of piperazine rings is 1. The number of piperidine rings is 2. The van der Waals surface area contributed by atoms with Crippen LogP contribution in [0.4, 0.5) is 5.95 Å². The predicted octanol–water partition coefficient (Wildman–Crippen LogP) is 0.366. The summed E-state index contributed by atoms with van der Waals surface area (Å²) in [5.41, 5.74) is 6.52. The van der Waals surface area contributed by atoms with E-state index in [0.717, 1.165) is 70.5 Å². The van der Waals surface area contributed by atoms with Crippen molar-refractivity contribution in [2.24, 2.45) is 11.7 Å². The molecule has 194 valence electrons. The molecular weight excluding hydrogens is 446 g/mol. The topological polar surface area (TPSA) is 108 Å². The fourth-order valence-electron chi connectivity index (χ4n) is 5.31. The molecule has 35 heavy (non-hydrogen) atoms. The van der Waals surface area contributed by atoms with Crippen molar-refractivity contribution in [1.29, 1.82) is 0 Å². The Kier molecular flexibility index (Phi) is 9.82. The van der Waals surface area contributed by atoms with E-state index in [-0.39, 0.29) is 11.8 Å². The molecular formula is C25H41N7O3. The van der Waals surface area contributed by atoms with Crippen LogP contribution in [0.15, 0.2) is 12.4 Å². The zero-order chi connectivity index (χ0) is 24.5. The van der Waals surface area contributed by atoms with Crippen molar-refractivity contribution < 1.29 is 14.3 Å². The van der Waals surface area contributed by atoms with Gasteiger partial charge < -0.3 is 34.9 Å². The van der Waals surface area contributed by atoms with E-state index in [1.807, 2.05) is 4.90 Å². The second kappa shape index (κ2) is 13.2. The van der Waals surface area contributed by atoms with Crippen molar-refractivity contribution in [3.63, 3.8) is 0 Å². The van der Waals surface area contributed by atoms with Gasteiger partial charge in [-0.1, -0.05) is 0 Å². The van der Waals surface area contributed by atoms with Crippen LogP contribution in [0.5, 0.6) is 0 Å². The number of hydrogen-bond acceptors (Lipinski definition) is 9. The first-order chi connectivity index (χ1) is 17.2. The number of anilines is 1. The van der Waals surface area contributed by atoms with Crippen molar-refractivity contribution in [2.45, 2.75) is 44.7 Å². The van der Waals surface area contributed by atoms with Crippen molar-refractivity contribution in [2.75, 3.05) is 77.0 Å². The number of aldehydes is 1. The van der Waals surface area contributed by atoms with Crippen LogP contribution >= 0.6 is 0 Å². The zero-order valence-corrected chi connectivity index (χ0v) is 20.9. The third-order valence-electron chi connectivity index (χ3n) is 7.69. The molecule has 3 aliphatic heterocycles. The summed E-state index contributed by atoms with van der Waals surface area (Å²) in [6.45, 7) is 9.68. The van der Waals surface area contributed by atoms with Gasteiger partial charge >= 0.3 is 0 Å². The highest BCUT2D eigenvalue weighted by molar-refractivity contribution is 5.76. The van der Waals surface area contributed by atoms with Gasteiger partial charge in [-0.25, -0.2) is 9.97 Å². The Morgan fingerprint density at radius 3 is 2.29 bits per heavy atom. The lowest BCUT2D eigenvalue weighted by Gasteiger charge is -2.41. The first-order valence-corrected chi connectivity index (χ1v) is 13.2. The minimum atomic E-state index is 0.156. The molecule has 0 atom stereocenters. The second-order valence-electron chi connectivity index (χ2n) is 9.91. The number of rotatable bonds is 10. The molecule has 4 heterocycles. The number of carbonyl (C=O) groups excluding carboxylic acids is 2. The van der Waals surface area contributed by atoms with E-state index in [9.17, 15) is 9.59 Å². The number of carbonyl (C=O) groups is 2. The number of nitrogens with two attached hydrogens (primary N) is 1. The summed E-state index contributed by atoms with van der Waals surface area (Å²) >= 11 is 0. The zero-order valence-electron chi connectivity index (χ0n) is 20.9. The van der Waals surface area contributed by atoms with E-state index in [1.165, 1.54) is 12.8 Å². The molecule has 3 saturated heterocycles. The van der Waals surface area contributed by atoms with E-state index >= 15 is 0 Å². The van der Waals surface area contributed by atoms with Crippen LogP contribution in [0.2, 0.25) is 0 Å². The molecule has 10 heteroatoms. The van der Waals surface area contributed by atoms with Crippen LogP contribution < -0.4 is 10.6 Å². The third kappa shape index (κ3) is 7.42. The van der Waals surface area contributed by atoms with Crippen molar-refractivity contribution >= 4 is 18.1 Å². The average molecular weight is 488 g/mol. The number of ether oxygens (including phenoxy) is 1. The van der Waals surface area contributed by atoms with Gasteiger partial charge in [0.15, 0.2) is 0 Å². The molecule has 1 aromatic rings. The van der Waals surface area contributed by atoms with Crippen molar-refractivity contribution in [3.05, 3.63) is 18.0 Å². The number of likely N-dealkylation sites (tertiary alicyclic amines) is 2. The van der Waals surface area contributed by atoms with Gasteiger partial charge in [0, 0.05) is 69.2 Å². The van der Waals surface area contributed by atoms with Gasteiger partial charge in [-0.15, -0.1) is 0 Å². The third-order valence-corrected chi connectivity index (χ3v) is 7.69. The van der Waals surface area contributed by atoms with Crippen molar-refractivity contribution in [1.82, 2.24) is 24.7 Å². The molecule has 0 spiro atoms. The van der Waals surface area contributed by atoms with Gasteiger partial charge in [0.05, 0.1) is 19.6 Å². The average Bonchev–Trinajstić information content (AvgIpc) is 2.93. The Bertz CT molecular complexity index is 785. The Morgan fingerprint density at radius 2 is 1.66 bits per heavy atom. The molecule has 1 amide bonds. The Balaban J connectivity index is 1.04. The summed E-state index contributed by atoms with van der Waals surface area (Å²) in [6, 6.07) is 0.662. The van der Waals surface area contributed by atoms with Gasteiger partial charge in [0.25, 0.3) is 0 Å². The van der Waals surface area contributed by atoms with E-state index in [0.29, 0.717) is 51.3 Å². The maximum atomic E-state index is 12.6. The molecule has 0 unspecified atom stereocenters. The Labute approximate surface area is 208 Å².